The zero-order chi connectivity index (χ0) is 27.1. The SMILES string of the molecule is Cc1c(CC(=O)N[C@H](Cc2c[nH]c3ccccc23)C(=O)O)c(=O)oc2cc3occ(-c4ccccc4)c3cc12. The van der Waals surface area contributed by atoms with Gasteiger partial charge in [0.1, 0.15) is 17.2 Å². The van der Waals surface area contributed by atoms with E-state index >= 15 is 0 Å². The standard InChI is InChI=1S/C31H24N2O6/c1-17-21-12-23-24(18-7-3-2-4-8-18)16-38-27(23)14-28(21)39-31(37)22(17)13-29(34)33-26(30(35)36)11-19-15-32-25-10-6-5-9-20(19)25/h2-10,12,14-16,26,32H,11,13H2,1H3,(H,33,34)(H,35,36)/t26-/m1/s1. The van der Waals surface area contributed by atoms with Gasteiger partial charge in [0, 0.05) is 45.9 Å². The molecule has 8 nitrogen and oxygen atoms in total. The molecule has 0 aliphatic carbocycles. The lowest BCUT2D eigenvalue weighted by atomic mass is 9.99. The summed E-state index contributed by atoms with van der Waals surface area (Å²) in [7, 11) is 0. The fraction of sp³-hybridized carbons (Fsp3) is 0.129. The zero-order valence-electron chi connectivity index (χ0n) is 21.0. The van der Waals surface area contributed by atoms with Crippen molar-refractivity contribution in [2.75, 3.05) is 0 Å². The predicted octanol–water partition coefficient (Wildman–Crippen LogP) is 5.35. The molecule has 1 atom stereocenters. The van der Waals surface area contributed by atoms with E-state index in [-0.39, 0.29) is 18.4 Å². The van der Waals surface area contributed by atoms with Gasteiger partial charge in [-0.05, 0) is 35.7 Å². The maximum atomic E-state index is 13.0. The number of carboxylic acids is 1. The molecule has 0 spiro atoms. The molecular weight excluding hydrogens is 496 g/mol. The minimum absolute atomic E-state index is 0.0944. The number of carboxylic acid groups (broad SMARTS) is 1. The highest BCUT2D eigenvalue weighted by molar-refractivity contribution is 6.02. The van der Waals surface area contributed by atoms with E-state index in [1.54, 1.807) is 25.5 Å². The Balaban J connectivity index is 1.30. The molecule has 0 aliphatic rings. The normalized spacial score (nSPS) is 12.2. The molecule has 0 unspecified atom stereocenters. The number of hydrogen-bond donors (Lipinski definition) is 3. The Hall–Kier alpha value is -5.11. The maximum absolute atomic E-state index is 13.0. The average Bonchev–Trinajstić information content (AvgIpc) is 3.54. The highest BCUT2D eigenvalue weighted by atomic mass is 16.4. The smallest absolute Gasteiger partial charge is 0.340 e. The molecule has 0 aliphatic heterocycles. The van der Waals surface area contributed by atoms with Crippen LogP contribution in [0.3, 0.4) is 0 Å². The number of rotatable bonds is 7. The van der Waals surface area contributed by atoms with Crippen LogP contribution in [0.4, 0.5) is 0 Å². The molecule has 3 heterocycles. The molecule has 0 radical (unpaired) electrons. The maximum Gasteiger partial charge on any atom is 0.340 e. The Morgan fingerprint density at radius 2 is 1.74 bits per heavy atom. The van der Waals surface area contributed by atoms with E-state index in [2.05, 4.69) is 10.3 Å². The number of aromatic amines is 1. The first kappa shape index (κ1) is 24.2. The fourth-order valence-electron chi connectivity index (χ4n) is 5.08. The summed E-state index contributed by atoms with van der Waals surface area (Å²) in [5.41, 5.74) is 4.61. The summed E-state index contributed by atoms with van der Waals surface area (Å²) in [6, 6.07) is 19.8. The van der Waals surface area contributed by atoms with Crippen molar-refractivity contribution in [2.24, 2.45) is 0 Å². The summed E-state index contributed by atoms with van der Waals surface area (Å²) in [4.78, 5) is 41.0. The van der Waals surface area contributed by atoms with Crippen molar-refractivity contribution < 1.29 is 23.5 Å². The number of para-hydroxylation sites is 1. The number of carbonyl (C=O) groups excluding carboxylic acids is 1. The van der Waals surface area contributed by atoms with Gasteiger partial charge in [-0.1, -0.05) is 48.5 Å². The number of aryl methyl sites for hydroxylation is 1. The molecule has 0 fully saturated rings. The van der Waals surface area contributed by atoms with E-state index < -0.39 is 23.5 Å². The number of H-pyrrole nitrogens is 1. The van der Waals surface area contributed by atoms with Crippen molar-refractivity contribution in [1.29, 1.82) is 0 Å². The van der Waals surface area contributed by atoms with Gasteiger partial charge >= 0.3 is 11.6 Å². The molecule has 6 aromatic rings. The van der Waals surface area contributed by atoms with Gasteiger partial charge in [0.25, 0.3) is 0 Å². The summed E-state index contributed by atoms with van der Waals surface area (Å²) in [5.74, 6) is -1.74. The van der Waals surface area contributed by atoms with E-state index in [0.29, 0.717) is 22.1 Å². The number of furan rings is 1. The van der Waals surface area contributed by atoms with Crippen LogP contribution in [0.25, 0.3) is 44.0 Å². The first-order valence-electron chi connectivity index (χ1n) is 12.5. The number of benzene rings is 3. The van der Waals surface area contributed by atoms with Crippen LogP contribution in [0.5, 0.6) is 0 Å². The topological polar surface area (TPSA) is 126 Å². The molecule has 6 rings (SSSR count). The summed E-state index contributed by atoms with van der Waals surface area (Å²) in [6.07, 6.45) is 3.20. The molecule has 1 amide bonds. The van der Waals surface area contributed by atoms with Crippen molar-refractivity contribution in [3.63, 3.8) is 0 Å². The summed E-state index contributed by atoms with van der Waals surface area (Å²) in [5, 5.41) is 14.8. The molecule has 3 N–H and O–H groups in total. The second-order valence-electron chi connectivity index (χ2n) is 9.55. The van der Waals surface area contributed by atoms with Crippen molar-refractivity contribution in [3.05, 3.63) is 106 Å². The van der Waals surface area contributed by atoms with Gasteiger partial charge in [0.15, 0.2) is 0 Å². The Morgan fingerprint density at radius 3 is 2.54 bits per heavy atom. The Bertz CT molecular complexity index is 1930. The highest BCUT2D eigenvalue weighted by Gasteiger charge is 2.24. The van der Waals surface area contributed by atoms with Crippen LogP contribution < -0.4 is 10.9 Å². The van der Waals surface area contributed by atoms with E-state index in [4.69, 9.17) is 8.83 Å². The predicted molar refractivity (Wildman–Crippen MR) is 148 cm³/mol. The zero-order valence-corrected chi connectivity index (χ0v) is 21.0. The average molecular weight is 521 g/mol. The van der Waals surface area contributed by atoms with E-state index in [9.17, 15) is 19.5 Å². The summed E-state index contributed by atoms with van der Waals surface area (Å²) >= 11 is 0. The largest absolute Gasteiger partial charge is 0.480 e. The lowest BCUT2D eigenvalue weighted by Crippen LogP contribution is -2.43. The molecule has 0 saturated carbocycles. The van der Waals surface area contributed by atoms with Crippen LogP contribution in [0.2, 0.25) is 0 Å². The van der Waals surface area contributed by atoms with Gasteiger partial charge in [0.2, 0.25) is 5.91 Å². The third kappa shape index (κ3) is 4.46. The van der Waals surface area contributed by atoms with Crippen LogP contribution in [0.1, 0.15) is 16.7 Å². The lowest BCUT2D eigenvalue weighted by Gasteiger charge is -2.15. The van der Waals surface area contributed by atoms with Crippen molar-refractivity contribution in [2.45, 2.75) is 25.8 Å². The van der Waals surface area contributed by atoms with Gasteiger partial charge in [-0.25, -0.2) is 9.59 Å². The quantitative estimate of drug-likeness (QED) is 0.244. The van der Waals surface area contributed by atoms with Crippen LogP contribution >= 0.6 is 0 Å². The number of carbonyl (C=O) groups is 2. The van der Waals surface area contributed by atoms with Crippen LogP contribution in [0.15, 0.2) is 92.8 Å². The first-order valence-corrected chi connectivity index (χ1v) is 12.5. The van der Waals surface area contributed by atoms with Crippen LogP contribution in [-0.4, -0.2) is 28.0 Å². The molecular formula is C31H24N2O6. The third-order valence-corrected chi connectivity index (χ3v) is 7.14. The fourth-order valence-corrected chi connectivity index (χ4v) is 5.08. The second kappa shape index (κ2) is 9.64. The summed E-state index contributed by atoms with van der Waals surface area (Å²) in [6.45, 7) is 1.76. The Morgan fingerprint density at radius 1 is 0.974 bits per heavy atom. The molecule has 3 aromatic heterocycles. The number of aromatic nitrogens is 1. The monoisotopic (exact) mass is 520 g/mol. The minimum Gasteiger partial charge on any atom is -0.480 e. The molecule has 3 aromatic carbocycles. The van der Waals surface area contributed by atoms with Gasteiger partial charge in [-0.2, -0.15) is 0 Å². The molecule has 0 saturated heterocycles. The van der Waals surface area contributed by atoms with E-state index in [0.717, 1.165) is 33.0 Å². The third-order valence-electron chi connectivity index (χ3n) is 7.14. The molecule has 194 valence electrons. The van der Waals surface area contributed by atoms with Crippen LogP contribution in [0, 0.1) is 6.92 Å². The van der Waals surface area contributed by atoms with Gasteiger partial charge in [-0.15, -0.1) is 0 Å². The first-order chi connectivity index (χ1) is 18.9. The van der Waals surface area contributed by atoms with Crippen molar-refractivity contribution in [1.82, 2.24) is 10.3 Å². The van der Waals surface area contributed by atoms with E-state index in [1.807, 2.05) is 60.7 Å². The Labute approximate surface area is 221 Å². The van der Waals surface area contributed by atoms with Gasteiger partial charge < -0.3 is 24.2 Å². The van der Waals surface area contributed by atoms with Gasteiger partial charge in [0.05, 0.1) is 18.2 Å². The number of fused-ring (bicyclic) bond motifs is 3. The number of amides is 1. The van der Waals surface area contributed by atoms with Crippen LogP contribution in [-0.2, 0) is 22.4 Å². The Kier molecular flexibility index (Phi) is 5.99. The minimum atomic E-state index is -1.16. The second-order valence-corrected chi connectivity index (χ2v) is 9.55. The van der Waals surface area contributed by atoms with E-state index in [1.165, 1.54) is 0 Å². The van der Waals surface area contributed by atoms with Crippen molar-refractivity contribution in [3.8, 4) is 11.1 Å². The number of hydrogen-bond acceptors (Lipinski definition) is 5. The lowest BCUT2D eigenvalue weighted by molar-refractivity contribution is -0.141. The molecule has 8 heteroatoms. The van der Waals surface area contributed by atoms with Gasteiger partial charge in [-0.3, -0.25) is 4.79 Å². The summed E-state index contributed by atoms with van der Waals surface area (Å²) < 4.78 is 11.3. The van der Waals surface area contributed by atoms with Crippen molar-refractivity contribution >= 4 is 44.7 Å². The number of nitrogens with one attached hydrogen (secondary N) is 2. The molecule has 39 heavy (non-hydrogen) atoms. The molecule has 0 bridgehead atoms. The number of aliphatic carboxylic acids is 1. The highest BCUT2D eigenvalue weighted by Crippen LogP contribution is 2.34.